The first-order valence-electron chi connectivity index (χ1n) is 9.05. The molecule has 0 spiro atoms. The summed E-state index contributed by atoms with van der Waals surface area (Å²) in [5, 5.41) is 0. The Balaban J connectivity index is 1.31. The summed E-state index contributed by atoms with van der Waals surface area (Å²) in [7, 11) is 0. The van der Waals surface area contributed by atoms with E-state index in [1.54, 1.807) is 0 Å². The van der Waals surface area contributed by atoms with Crippen LogP contribution in [0, 0.1) is 46.8 Å². The number of hydrazine groups is 1. The van der Waals surface area contributed by atoms with E-state index in [-0.39, 0.29) is 23.4 Å². The van der Waals surface area contributed by atoms with E-state index in [0.717, 1.165) is 6.07 Å². The maximum Gasteiger partial charge on any atom is 0.418 e. The Morgan fingerprint density at radius 1 is 0.962 bits per heavy atom. The number of rotatable bonds is 3. The molecule has 3 nitrogen and oxygen atoms in total. The maximum atomic E-state index is 13.3. The molecule has 6 aliphatic carbocycles. The topological polar surface area (TPSA) is 41.1 Å². The minimum absolute atomic E-state index is 0.119. The van der Waals surface area contributed by atoms with Crippen LogP contribution in [0.5, 0.6) is 0 Å². The molecule has 26 heavy (non-hydrogen) atoms. The van der Waals surface area contributed by atoms with Crippen molar-refractivity contribution in [1.29, 1.82) is 0 Å². The maximum absolute atomic E-state index is 13.3. The molecule has 6 heteroatoms. The van der Waals surface area contributed by atoms with Crippen molar-refractivity contribution in [2.45, 2.75) is 6.18 Å². The van der Waals surface area contributed by atoms with Crippen LogP contribution >= 0.6 is 0 Å². The van der Waals surface area contributed by atoms with E-state index in [1.807, 2.05) is 0 Å². The van der Waals surface area contributed by atoms with Crippen LogP contribution in [-0.2, 0) is 11.0 Å². The molecule has 0 aromatic heterocycles. The molecule has 1 aromatic carbocycles. The number of anilines is 1. The molecular weight excluding hydrogens is 341 g/mol. The molecule has 0 radical (unpaired) electrons. The fourth-order valence-corrected chi connectivity index (χ4v) is 7.24. The van der Waals surface area contributed by atoms with E-state index in [2.05, 4.69) is 35.2 Å². The second kappa shape index (κ2) is 4.35. The van der Waals surface area contributed by atoms with Gasteiger partial charge >= 0.3 is 6.18 Å². The molecule has 0 saturated heterocycles. The van der Waals surface area contributed by atoms with Crippen molar-refractivity contribution in [1.82, 2.24) is 5.43 Å². The van der Waals surface area contributed by atoms with E-state index in [0.29, 0.717) is 29.6 Å². The van der Waals surface area contributed by atoms with Gasteiger partial charge < -0.3 is 0 Å². The van der Waals surface area contributed by atoms with Crippen LogP contribution in [0.25, 0.3) is 0 Å². The molecule has 6 atom stereocenters. The van der Waals surface area contributed by atoms with Gasteiger partial charge in [-0.1, -0.05) is 36.4 Å². The fraction of sp³-hybridized carbons (Fsp3) is 0.450. The van der Waals surface area contributed by atoms with Crippen LogP contribution in [0.4, 0.5) is 18.9 Å². The number of carbonyl (C=O) groups is 1. The molecule has 7 rings (SSSR count). The lowest BCUT2D eigenvalue weighted by atomic mass is 9.62. The van der Waals surface area contributed by atoms with Gasteiger partial charge in [-0.15, -0.1) is 0 Å². The minimum atomic E-state index is -4.47. The predicted molar refractivity (Wildman–Crippen MR) is 88.4 cm³/mol. The van der Waals surface area contributed by atoms with Crippen molar-refractivity contribution in [3.63, 3.8) is 0 Å². The molecule has 6 aliphatic rings. The molecule has 4 fully saturated rings. The van der Waals surface area contributed by atoms with Crippen molar-refractivity contribution in [2.75, 3.05) is 5.43 Å². The standard InChI is InChI=1S/C20H17F3N2O/c21-20(22,23)11-3-1-2-4-14(11)24-25-18(26)19-12-7-5-9-15(12)16-10(17(9)19)6-8-13(16)19/h1-10,12-13,15-17,24H,(H,25,26). The van der Waals surface area contributed by atoms with Gasteiger partial charge in [0.1, 0.15) is 0 Å². The number of amides is 1. The third-order valence-electron chi connectivity index (χ3n) is 7.66. The summed E-state index contributed by atoms with van der Waals surface area (Å²) in [6, 6.07) is 5.22. The number of alkyl halides is 3. The number of para-hydroxylation sites is 1. The molecule has 1 aromatic rings. The Hall–Kier alpha value is -2.24. The quantitative estimate of drug-likeness (QED) is 0.640. The normalized spacial score (nSPS) is 45.1. The number of allylic oxidation sites excluding steroid dienone is 4. The first-order valence-corrected chi connectivity index (χ1v) is 9.05. The van der Waals surface area contributed by atoms with Gasteiger partial charge in [-0.3, -0.25) is 15.6 Å². The van der Waals surface area contributed by atoms with Crippen molar-refractivity contribution in [2.24, 2.45) is 46.8 Å². The second-order valence-corrected chi connectivity index (χ2v) is 8.21. The first kappa shape index (κ1) is 14.9. The average Bonchev–Trinajstić information content (AvgIpc) is 3.39. The number of nitrogens with one attached hydrogen (secondary N) is 2. The summed E-state index contributed by atoms with van der Waals surface area (Å²) >= 11 is 0. The average molecular weight is 358 g/mol. The van der Waals surface area contributed by atoms with E-state index in [4.69, 9.17) is 0 Å². The smallest absolute Gasteiger partial charge is 0.298 e. The predicted octanol–water partition coefficient (Wildman–Crippen LogP) is 3.63. The van der Waals surface area contributed by atoms with Gasteiger partial charge in [-0.25, -0.2) is 0 Å². The highest BCUT2D eigenvalue weighted by Gasteiger charge is 2.84. The molecule has 2 N–H and O–H groups in total. The summed E-state index contributed by atoms with van der Waals surface area (Å²) in [6.07, 6.45) is 4.42. The van der Waals surface area contributed by atoms with Crippen LogP contribution in [0.1, 0.15) is 5.56 Å². The molecule has 4 saturated carbocycles. The fourth-order valence-electron chi connectivity index (χ4n) is 7.24. The Morgan fingerprint density at radius 2 is 1.58 bits per heavy atom. The Labute approximate surface area is 148 Å². The zero-order valence-corrected chi connectivity index (χ0v) is 13.7. The van der Waals surface area contributed by atoms with E-state index < -0.39 is 17.2 Å². The van der Waals surface area contributed by atoms with Crippen LogP contribution in [0.15, 0.2) is 48.6 Å². The van der Waals surface area contributed by atoms with Crippen LogP contribution in [0.2, 0.25) is 0 Å². The van der Waals surface area contributed by atoms with Crippen molar-refractivity contribution in [3.8, 4) is 0 Å². The van der Waals surface area contributed by atoms with Crippen LogP contribution in [-0.4, -0.2) is 5.91 Å². The second-order valence-electron chi connectivity index (χ2n) is 8.21. The molecule has 6 unspecified atom stereocenters. The number of halogens is 3. The lowest BCUT2D eigenvalue weighted by Gasteiger charge is -2.41. The van der Waals surface area contributed by atoms with Crippen molar-refractivity contribution >= 4 is 11.6 Å². The zero-order valence-electron chi connectivity index (χ0n) is 13.7. The van der Waals surface area contributed by atoms with Gasteiger partial charge in [0.15, 0.2) is 0 Å². The van der Waals surface area contributed by atoms with Gasteiger partial charge in [0.2, 0.25) is 5.91 Å². The van der Waals surface area contributed by atoms with Gasteiger partial charge in [0, 0.05) is 0 Å². The van der Waals surface area contributed by atoms with Crippen molar-refractivity contribution < 1.29 is 18.0 Å². The first-order chi connectivity index (χ1) is 12.5. The highest BCUT2D eigenvalue weighted by atomic mass is 19.4. The summed E-state index contributed by atoms with van der Waals surface area (Å²) in [5.41, 5.74) is 3.83. The number of benzene rings is 1. The summed E-state index contributed by atoms with van der Waals surface area (Å²) in [6.45, 7) is 0. The lowest BCUT2D eigenvalue weighted by molar-refractivity contribution is -0.138. The van der Waals surface area contributed by atoms with Gasteiger partial charge in [-0.05, 0) is 53.6 Å². The summed E-state index contributed by atoms with van der Waals surface area (Å²) in [5.74, 6) is 2.62. The van der Waals surface area contributed by atoms with E-state index >= 15 is 0 Å². The Kier molecular flexibility index (Phi) is 2.49. The van der Waals surface area contributed by atoms with Crippen molar-refractivity contribution in [3.05, 3.63) is 54.1 Å². The van der Waals surface area contributed by atoms with E-state index in [1.165, 1.54) is 18.2 Å². The molecule has 8 bridgehead atoms. The summed E-state index contributed by atoms with van der Waals surface area (Å²) < 4.78 is 39.5. The number of hydrogen-bond donors (Lipinski definition) is 2. The number of carbonyl (C=O) groups excluding carboxylic acids is 1. The highest BCUT2D eigenvalue weighted by molar-refractivity contribution is 5.89. The molecular formula is C20H17F3N2O. The van der Waals surface area contributed by atoms with E-state index in [9.17, 15) is 18.0 Å². The minimum Gasteiger partial charge on any atom is -0.298 e. The van der Waals surface area contributed by atoms with Gasteiger partial charge in [0.25, 0.3) is 0 Å². The summed E-state index contributed by atoms with van der Waals surface area (Å²) in [4.78, 5) is 13.3. The molecule has 1 amide bonds. The van der Waals surface area contributed by atoms with Gasteiger partial charge in [-0.2, -0.15) is 13.2 Å². The van der Waals surface area contributed by atoms with Gasteiger partial charge in [0.05, 0.1) is 16.7 Å². The Morgan fingerprint density at radius 3 is 2.19 bits per heavy atom. The number of hydrogen-bond acceptors (Lipinski definition) is 2. The molecule has 134 valence electrons. The highest BCUT2D eigenvalue weighted by Crippen LogP contribution is 2.84. The Bertz CT molecular complexity index is 857. The molecule has 0 aliphatic heterocycles. The third-order valence-corrected chi connectivity index (χ3v) is 7.66. The molecule has 0 heterocycles. The lowest BCUT2D eigenvalue weighted by Crippen LogP contribution is -2.52. The monoisotopic (exact) mass is 358 g/mol. The SMILES string of the molecule is O=C(NNc1ccccc1C(F)(F)F)C12C3C=CC4C3C3C(C=CC31)C42. The van der Waals surface area contributed by atoms with Crippen LogP contribution in [0.3, 0.4) is 0 Å². The zero-order chi connectivity index (χ0) is 17.8. The largest absolute Gasteiger partial charge is 0.418 e. The third kappa shape index (κ3) is 1.40. The van der Waals surface area contributed by atoms with Crippen LogP contribution < -0.4 is 10.9 Å².